The number of hydrogen-bond acceptors (Lipinski definition) is 4. The molecule has 1 aliphatic heterocycles. The molecule has 0 saturated carbocycles. The van der Waals surface area contributed by atoms with E-state index in [0.717, 1.165) is 18.4 Å². The second-order valence-electron chi connectivity index (χ2n) is 5.96. The number of anilines is 1. The van der Waals surface area contributed by atoms with E-state index in [9.17, 15) is 15.0 Å². The molecule has 1 aromatic rings. The summed E-state index contributed by atoms with van der Waals surface area (Å²) in [4.78, 5) is 14.5. The summed E-state index contributed by atoms with van der Waals surface area (Å²) in [6.45, 7) is 5.83. The number of nitrogen functional groups attached to an aromatic ring is 1. The average molecular weight is 328 g/mol. The number of carbonyl (C=O) groups excluding carboxylic acids is 1. The van der Waals surface area contributed by atoms with Crippen molar-refractivity contribution in [3.63, 3.8) is 0 Å². The molecule has 0 aromatic heterocycles. The van der Waals surface area contributed by atoms with Crippen LogP contribution >= 0.6 is 0 Å². The summed E-state index contributed by atoms with van der Waals surface area (Å²) in [6, 6.07) is 3.05. The number of rotatable bonds is 4. The van der Waals surface area contributed by atoms with Crippen molar-refractivity contribution in [2.24, 2.45) is 0 Å². The van der Waals surface area contributed by atoms with Crippen molar-refractivity contribution >= 4 is 11.6 Å². The van der Waals surface area contributed by atoms with E-state index in [2.05, 4.69) is 0 Å². The van der Waals surface area contributed by atoms with Gasteiger partial charge in [-0.25, -0.2) is 0 Å². The lowest BCUT2D eigenvalue weighted by Gasteiger charge is -2.24. The van der Waals surface area contributed by atoms with Gasteiger partial charge in [-0.1, -0.05) is 31.6 Å². The number of nitrogens with zero attached hydrogens (tertiary/aromatic N) is 1. The molecule has 1 unspecified atom stereocenters. The van der Waals surface area contributed by atoms with E-state index in [1.165, 1.54) is 6.07 Å². The zero-order valence-corrected chi connectivity index (χ0v) is 14.3. The lowest BCUT2D eigenvalue weighted by Crippen LogP contribution is -2.26. The molecule has 0 bridgehead atoms. The lowest BCUT2D eigenvalue weighted by molar-refractivity contribution is -0.123. The average Bonchev–Trinajstić information content (AvgIpc) is 2.59. The normalized spacial score (nSPS) is 16.0. The van der Waals surface area contributed by atoms with Gasteiger partial charge in [0, 0.05) is 23.9 Å². The molecule has 128 valence electrons. The maximum absolute atomic E-state index is 13.0. The van der Waals surface area contributed by atoms with Gasteiger partial charge in [0.1, 0.15) is 0 Å². The van der Waals surface area contributed by atoms with Crippen LogP contribution in [0.4, 0.5) is 5.69 Å². The molecule has 1 aliphatic rings. The predicted molar refractivity (Wildman–Crippen MR) is 95.3 cm³/mol. The minimum atomic E-state index is -0.336. The van der Waals surface area contributed by atoms with E-state index in [0.29, 0.717) is 11.1 Å². The van der Waals surface area contributed by atoms with E-state index >= 15 is 0 Å². The Bertz CT molecular complexity index is 697. The van der Waals surface area contributed by atoms with E-state index in [1.54, 1.807) is 23.4 Å². The highest BCUT2D eigenvalue weighted by Crippen LogP contribution is 2.38. The van der Waals surface area contributed by atoms with Gasteiger partial charge in [-0.05, 0) is 37.5 Å². The molecule has 4 N–H and O–H groups in total. The van der Waals surface area contributed by atoms with Gasteiger partial charge >= 0.3 is 0 Å². The van der Waals surface area contributed by atoms with Crippen molar-refractivity contribution in [1.82, 2.24) is 4.90 Å². The number of nitrogens with two attached hydrogens (primary N) is 1. The van der Waals surface area contributed by atoms with Crippen molar-refractivity contribution < 1.29 is 15.0 Å². The van der Waals surface area contributed by atoms with Gasteiger partial charge < -0.3 is 15.9 Å². The number of phenolic OH excluding ortho intramolecular Hbond substituents is 2. The van der Waals surface area contributed by atoms with E-state index in [-0.39, 0.29) is 29.0 Å². The van der Waals surface area contributed by atoms with E-state index in [4.69, 9.17) is 5.73 Å². The predicted octanol–water partition coefficient (Wildman–Crippen LogP) is 3.77. The SMILES string of the molecule is CC/C(C)=C(\C(=O)N1C=CCC=C1)C(C)c1cc(N)c(O)c(O)c1. The Balaban J connectivity index is 2.45. The number of hydrogen-bond donors (Lipinski definition) is 3. The first-order chi connectivity index (χ1) is 11.4. The maximum Gasteiger partial charge on any atom is 0.258 e. The van der Waals surface area contributed by atoms with Crippen molar-refractivity contribution in [3.05, 3.63) is 53.4 Å². The maximum atomic E-state index is 13.0. The van der Waals surface area contributed by atoms with Crippen LogP contribution in [0.15, 0.2) is 47.8 Å². The van der Waals surface area contributed by atoms with Crippen LogP contribution in [-0.2, 0) is 4.79 Å². The molecule has 0 fully saturated rings. The Labute approximate surface area is 142 Å². The van der Waals surface area contributed by atoms with Crippen LogP contribution < -0.4 is 5.73 Å². The van der Waals surface area contributed by atoms with Crippen LogP contribution in [-0.4, -0.2) is 21.0 Å². The Kier molecular flexibility index (Phi) is 5.34. The molecule has 0 saturated heterocycles. The highest BCUT2D eigenvalue weighted by molar-refractivity contribution is 5.97. The largest absolute Gasteiger partial charge is 0.504 e. The van der Waals surface area contributed by atoms with Crippen LogP contribution in [0.5, 0.6) is 11.5 Å². The smallest absolute Gasteiger partial charge is 0.258 e. The van der Waals surface area contributed by atoms with Gasteiger partial charge in [0.05, 0.1) is 5.69 Å². The fourth-order valence-electron chi connectivity index (χ4n) is 2.76. The van der Waals surface area contributed by atoms with Crippen molar-refractivity contribution in [1.29, 1.82) is 0 Å². The summed E-state index contributed by atoms with van der Waals surface area (Å²) in [5.74, 6) is -0.984. The summed E-state index contributed by atoms with van der Waals surface area (Å²) in [6.07, 6.45) is 8.93. The van der Waals surface area contributed by atoms with Crippen LogP contribution in [0, 0.1) is 0 Å². The molecule has 1 heterocycles. The monoisotopic (exact) mass is 328 g/mol. The first-order valence-corrected chi connectivity index (χ1v) is 8.03. The molecule has 0 radical (unpaired) electrons. The van der Waals surface area contributed by atoms with Gasteiger partial charge in [-0.3, -0.25) is 9.69 Å². The van der Waals surface area contributed by atoms with Gasteiger partial charge in [0.25, 0.3) is 5.91 Å². The Hall–Kier alpha value is -2.69. The molecular weight excluding hydrogens is 304 g/mol. The minimum Gasteiger partial charge on any atom is -0.504 e. The Morgan fingerprint density at radius 3 is 2.46 bits per heavy atom. The second kappa shape index (κ2) is 7.25. The summed E-state index contributed by atoms with van der Waals surface area (Å²) >= 11 is 0. The number of benzene rings is 1. The van der Waals surface area contributed by atoms with Crippen LogP contribution in [0.3, 0.4) is 0 Å². The lowest BCUT2D eigenvalue weighted by atomic mass is 9.87. The number of carbonyl (C=O) groups is 1. The first kappa shape index (κ1) is 17.7. The van der Waals surface area contributed by atoms with E-state index < -0.39 is 0 Å². The van der Waals surface area contributed by atoms with Crippen molar-refractivity contribution in [2.45, 2.75) is 39.5 Å². The van der Waals surface area contributed by atoms with Gasteiger partial charge in [0.2, 0.25) is 0 Å². The summed E-state index contributed by atoms with van der Waals surface area (Å²) in [7, 11) is 0. The zero-order valence-electron chi connectivity index (χ0n) is 14.3. The number of allylic oxidation sites excluding steroid dienone is 3. The topological polar surface area (TPSA) is 86.8 Å². The third kappa shape index (κ3) is 3.45. The molecule has 0 aliphatic carbocycles. The van der Waals surface area contributed by atoms with Gasteiger partial charge in [-0.2, -0.15) is 0 Å². The second-order valence-corrected chi connectivity index (χ2v) is 5.96. The molecule has 1 amide bonds. The van der Waals surface area contributed by atoms with Crippen LogP contribution in [0.2, 0.25) is 0 Å². The molecule has 24 heavy (non-hydrogen) atoms. The van der Waals surface area contributed by atoms with Crippen LogP contribution in [0.1, 0.15) is 45.1 Å². The Morgan fingerprint density at radius 1 is 1.29 bits per heavy atom. The molecule has 1 aromatic carbocycles. The highest BCUT2D eigenvalue weighted by atomic mass is 16.3. The fraction of sp³-hybridized carbons (Fsp3) is 0.316. The number of aromatic hydroxyl groups is 2. The zero-order chi connectivity index (χ0) is 17.9. The quantitative estimate of drug-likeness (QED) is 0.446. The first-order valence-electron chi connectivity index (χ1n) is 8.03. The molecule has 5 heteroatoms. The third-order valence-electron chi connectivity index (χ3n) is 4.33. The summed E-state index contributed by atoms with van der Waals surface area (Å²) in [5.41, 5.74) is 8.16. The number of phenols is 2. The van der Waals surface area contributed by atoms with Gasteiger partial charge in [-0.15, -0.1) is 0 Å². The summed E-state index contributed by atoms with van der Waals surface area (Å²) in [5, 5.41) is 19.5. The van der Waals surface area contributed by atoms with Crippen LogP contribution in [0.25, 0.3) is 0 Å². The minimum absolute atomic E-state index is 0.0931. The fourth-order valence-corrected chi connectivity index (χ4v) is 2.76. The van der Waals surface area contributed by atoms with Crippen molar-refractivity contribution in [2.75, 3.05) is 5.73 Å². The Morgan fingerprint density at radius 2 is 1.92 bits per heavy atom. The summed E-state index contributed by atoms with van der Waals surface area (Å²) < 4.78 is 0. The molecule has 5 nitrogen and oxygen atoms in total. The third-order valence-corrected chi connectivity index (χ3v) is 4.33. The number of amides is 1. The highest BCUT2D eigenvalue weighted by Gasteiger charge is 2.25. The standard InChI is InChI=1S/C19H24N2O3/c1-4-12(2)17(19(24)21-8-6-5-7-9-21)13(3)14-10-15(20)18(23)16(22)11-14/h6-11,13,22-23H,4-5,20H2,1-3H3/b17-12-. The molecule has 1 atom stereocenters. The molecular formula is C19H24N2O3. The molecule has 0 spiro atoms. The van der Waals surface area contributed by atoms with Gasteiger partial charge in [0.15, 0.2) is 11.5 Å². The van der Waals surface area contributed by atoms with Crippen molar-refractivity contribution in [3.8, 4) is 11.5 Å². The molecule has 2 rings (SSSR count). The van der Waals surface area contributed by atoms with E-state index in [1.807, 2.05) is 32.9 Å².